The number of carbonyl (C=O) groups is 2. The number of H-pyrrole nitrogens is 1. The number of aromatic nitrogens is 4. The minimum atomic E-state index is -0.488. The van der Waals surface area contributed by atoms with Crippen molar-refractivity contribution in [1.82, 2.24) is 24.6 Å². The standard InChI is InChI=1S/C22H25N5O3/c1-14-19(15(2)25-24-14)20(28)26-9-7-22(8-10-26)11-16(30-21(22)29)12-27-13-23-17-5-3-4-6-18(17)27/h3-6,13,16H,7-12H2,1-2H3,(H,24,25). The van der Waals surface area contributed by atoms with Gasteiger partial charge in [-0.15, -0.1) is 0 Å². The minimum absolute atomic E-state index is 0.0126. The van der Waals surface area contributed by atoms with Gasteiger partial charge in [0.25, 0.3) is 5.91 Å². The van der Waals surface area contributed by atoms with Crippen molar-refractivity contribution in [3.63, 3.8) is 0 Å². The van der Waals surface area contributed by atoms with E-state index in [2.05, 4.69) is 19.7 Å². The summed E-state index contributed by atoms with van der Waals surface area (Å²) in [7, 11) is 0. The predicted octanol–water partition coefficient (Wildman–Crippen LogP) is 2.61. The van der Waals surface area contributed by atoms with Crippen molar-refractivity contribution < 1.29 is 14.3 Å². The Morgan fingerprint density at radius 2 is 2.03 bits per heavy atom. The zero-order valence-electron chi connectivity index (χ0n) is 17.2. The molecule has 30 heavy (non-hydrogen) atoms. The summed E-state index contributed by atoms with van der Waals surface area (Å²) in [5.41, 5.74) is 3.63. The van der Waals surface area contributed by atoms with Crippen LogP contribution >= 0.6 is 0 Å². The molecule has 3 aromatic rings. The van der Waals surface area contributed by atoms with Crippen LogP contribution < -0.4 is 0 Å². The molecule has 1 unspecified atom stereocenters. The molecule has 8 heteroatoms. The number of nitrogens with one attached hydrogen (secondary N) is 1. The van der Waals surface area contributed by atoms with Crippen LogP contribution in [0.2, 0.25) is 0 Å². The smallest absolute Gasteiger partial charge is 0.312 e. The maximum absolute atomic E-state index is 12.9. The molecule has 2 fully saturated rings. The van der Waals surface area contributed by atoms with Crippen molar-refractivity contribution in [3.8, 4) is 0 Å². The van der Waals surface area contributed by atoms with Crippen molar-refractivity contribution in [2.75, 3.05) is 13.1 Å². The zero-order valence-corrected chi connectivity index (χ0v) is 17.2. The largest absolute Gasteiger partial charge is 0.460 e. The highest BCUT2D eigenvalue weighted by molar-refractivity contribution is 5.96. The molecule has 1 atom stereocenters. The van der Waals surface area contributed by atoms with Crippen LogP contribution in [0.15, 0.2) is 30.6 Å². The predicted molar refractivity (Wildman–Crippen MR) is 110 cm³/mol. The number of rotatable bonds is 3. The van der Waals surface area contributed by atoms with Crippen LogP contribution in [-0.2, 0) is 16.1 Å². The van der Waals surface area contributed by atoms with Crippen LogP contribution in [0.4, 0.5) is 0 Å². The molecule has 0 saturated carbocycles. The number of aryl methyl sites for hydroxylation is 2. The lowest BCUT2D eigenvalue weighted by Gasteiger charge is -2.36. The van der Waals surface area contributed by atoms with E-state index in [9.17, 15) is 9.59 Å². The number of aromatic amines is 1. The number of cyclic esters (lactones) is 1. The van der Waals surface area contributed by atoms with E-state index in [1.807, 2.05) is 43.0 Å². The molecular weight excluding hydrogens is 382 g/mol. The molecule has 1 spiro atoms. The number of hydrogen-bond donors (Lipinski definition) is 1. The SMILES string of the molecule is Cc1n[nH]c(C)c1C(=O)N1CCC2(CC1)CC(Cn1cnc3ccccc31)OC2=O. The second-order valence-corrected chi connectivity index (χ2v) is 8.50. The lowest BCUT2D eigenvalue weighted by Crippen LogP contribution is -2.45. The molecule has 2 aliphatic heterocycles. The molecule has 2 saturated heterocycles. The Morgan fingerprint density at radius 3 is 2.77 bits per heavy atom. The van der Waals surface area contributed by atoms with Gasteiger partial charge in [-0.25, -0.2) is 4.98 Å². The fourth-order valence-electron chi connectivity index (χ4n) is 4.88. The Labute approximate surface area is 174 Å². The first kappa shape index (κ1) is 18.8. The molecule has 0 aliphatic carbocycles. The maximum atomic E-state index is 12.9. The molecule has 2 aliphatic rings. The highest BCUT2D eigenvalue weighted by Crippen LogP contribution is 2.44. The third-order valence-electron chi connectivity index (χ3n) is 6.60. The van der Waals surface area contributed by atoms with Crippen LogP contribution in [0.5, 0.6) is 0 Å². The lowest BCUT2D eigenvalue weighted by atomic mass is 9.76. The van der Waals surface area contributed by atoms with E-state index >= 15 is 0 Å². The van der Waals surface area contributed by atoms with Gasteiger partial charge in [0.1, 0.15) is 6.10 Å². The van der Waals surface area contributed by atoms with Crippen LogP contribution in [0, 0.1) is 19.3 Å². The minimum Gasteiger partial charge on any atom is -0.460 e. The zero-order chi connectivity index (χ0) is 20.9. The van der Waals surface area contributed by atoms with Crippen LogP contribution in [-0.4, -0.2) is 55.7 Å². The van der Waals surface area contributed by atoms with Gasteiger partial charge < -0.3 is 14.2 Å². The van der Waals surface area contributed by atoms with Crippen LogP contribution in [0.25, 0.3) is 11.0 Å². The Hall–Kier alpha value is -3.16. The van der Waals surface area contributed by atoms with E-state index in [4.69, 9.17) is 4.74 Å². The number of amides is 1. The van der Waals surface area contributed by atoms with E-state index in [-0.39, 0.29) is 18.0 Å². The molecule has 0 bridgehead atoms. The number of hydrogen-bond acceptors (Lipinski definition) is 5. The maximum Gasteiger partial charge on any atom is 0.312 e. The van der Waals surface area contributed by atoms with Crippen molar-refractivity contribution in [2.45, 2.75) is 45.8 Å². The van der Waals surface area contributed by atoms with Crippen molar-refractivity contribution >= 4 is 22.9 Å². The Kier molecular flexibility index (Phi) is 4.38. The fraction of sp³-hybridized carbons (Fsp3) is 0.455. The van der Waals surface area contributed by atoms with Gasteiger partial charge >= 0.3 is 5.97 Å². The molecule has 2 aromatic heterocycles. The van der Waals surface area contributed by atoms with E-state index in [0.717, 1.165) is 16.7 Å². The van der Waals surface area contributed by atoms with Gasteiger partial charge in [0, 0.05) is 25.2 Å². The first-order valence-electron chi connectivity index (χ1n) is 10.4. The second-order valence-electron chi connectivity index (χ2n) is 8.50. The van der Waals surface area contributed by atoms with Gasteiger partial charge in [-0.1, -0.05) is 12.1 Å². The van der Waals surface area contributed by atoms with E-state index in [0.29, 0.717) is 50.2 Å². The number of nitrogens with zero attached hydrogens (tertiary/aromatic N) is 4. The Balaban J connectivity index is 1.26. The van der Waals surface area contributed by atoms with Crippen molar-refractivity contribution in [3.05, 3.63) is 47.5 Å². The molecule has 1 aromatic carbocycles. The van der Waals surface area contributed by atoms with Gasteiger partial charge in [0.15, 0.2) is 0 Å². The number of imidazole rings is 1. The number of fused-ring (bicyclic) bond motifs is 1. The summed E-state index contributed by atoms with van der Waals surface area (Å²) in [6.45, 7) is 5.40. The highest BCUT2D eigenvalue weighted by Gasteiger charge is 2.51. The number of ether oxygens (including phenoxy) is 1. The van der Waals surface area contributed by atoms with Gasteiger partial charge in [0.05, 0.1) is 40.6 Å². The summed E-state index contributed by atoms with van der Waals surface area (Å²) in [5, 5.41) is 7.00. The second kappa shape index (κ2) is 6.97. The number of piperidine rings is 1. The topological polar surface area (TPSA) is 93.1 Å². The average molecular weight is 407 g/mol. The summed E-state index contributed by atoms with van der Waals surface area (Å²) in [6, 6.07) is 7.95. The van der Waals surface area contributed by atoms with Crippen molar-refractivity contribution in [1.29, 1.82) is 0 Å². The number of para-hydroxylation sites is 2. The molecular formula is C22H25N5O3. The quantitative estimate of drug-likeness (QED) is 0.674. The van der Waals surface area contributed by atoms with Crippen molar-refractivity contribution in [2.24, 2.45) is 5.41 Å². The first-order valence-corrected chi connectivity index (χ1v) is 10.4. The van der Waals surface area contributed by atoms with E-state index in [1.54, 1.807) is 6.33 Å². The summed E-state index contributed by atoms with van der Waals surface area (Å²) >= 11 is 0. The molecule has 1 amide bonds. The van der Waals surface area contributed by atoms with E-state index < -0.39 is 5.41 Å². The van der Waals surface area contributed by atoms with Gasteiger partial charge in [-0.05, 0) is 38.8 Å². The molecule has 156 valence electrons. The Morgan fingerprint density at radius 1 is 1.27 bits per heavy atom. The number of esters is 1. The molecule has 1 N–H and O–H groups in total. The van der Waals surface area contributed by atoms with Crippen LogP contribution in [0.1, 0.15) is 41.0 Å². The third-order valence-corrected chi connectivity index (χ3v) is 6.60. The number of carbonyl (C=O) groups excluding carboxylic acids is 2. The van der Waals surface area contributed by atoms with Gasteiger partial charge in [-0.2, -0.15) is 5.10 Å². The lowest BCUT2D eigenvalue weighted by molar-refractivity contribution is -0.150. The molecule has 4 heterocycles. The third kappa shape index (κ3) is 2.98. The van der Waals surface area contributed by atoms with E-state index in [1.165, 1.54) is 0 Å². The number of benzene rings is 1. The molecule has 8 nitrogen and oxygen atoms in total. The summed E-state index contributed by atoms with van der Waals surface area (Å²) in [4.78, 5) is 32.0. The fourth-order valence-corrected chi connectivity index (χ4v) is 4.88. The summed E-state index contributed by atoms with van der Waals surface area (Å²) in [6.07, 6.45) is 3.59. The summed E-state index contributed by atoms with van der Waals surface area (Å²) in [5.74, 6) is -0.138. The van der Waals surface area contributed by atoms with Crippen LogP contribution in [0.3, 0.4) is 0 Å². The Bertz CT molecular complexity index is 1100. The first-order chi connectivity index (χ1) is 14.5. The normalized spacial score (nSPS) is 20.8. The van der Waals surface area contributed by atoms with Gasteiger partial charge in [0.2, 0.25) is 0 Å². The molecule has 0 radical (unpaired) electrons. The monoisotopic (exact) mass is 407 g/mol. The number of likely N-dealkylation sites (tertiary alicyclic amines) is 1. The molecule has 5 rings (SSSR count). The average Bonchev–Trinajstić information content (AvgIpc) is 3.39. The highest BCUT2D eigenvalue weighted by atomic mass is 16.6. The van der Waals surface area contributed by atoms with Gasteiger partial charge in [-0.3, -0.25) is 14.7 Å². The summed E-state index contributed by atoms with van der Waals surface area (Å²) < 4.78 is 7.83.